The Hall–Kier alpha value is -1.94. The van der Waals surface area contributed by atoms with Crippen LogP contribution >= 0.6 is 0 Å². The lowest BCUT2D eigenvalue weighted by Crippen LogP contribution is -2.12. The van der Waals surface area contributed by atoms with E-state index in [1.54, 1.807) is 13.3 Å². The minimum absolute atomic E-state index is 0.388. The minimum Gasteiger partial charge on any atom is -0.497 e. The predicted molar refractivity (Wildman–Crippen MR) is 63.2 cm³/mol. The van der Waals surface area contributed by atoms with Gasteiger partial charge in [-0.05, 0) is 29.3 Å². The summed E-state index contributed by atoms with van der Waals surface area (Å²) in [7, 11) is 1.59. The van der Waals surface area contributed by atoms with Crippen LogP contribution < -0.4 is 10.5 Å². The molecule has 0 spiro atoms. The van der Waals surface area contributed by atoms with Gasteiger partial charge in [0.05, 0.1) is 19.3 Å². The Labute approximate surface area is 99.1 Å². The molecule has 0 radical (unpaired) electrons. The average Bonchev–Trinajstić information content (AvgIpc) is 2.38. The number of rotatable bonds is 3. The number of hydrogen-bond acceptors (Lipinski definition) is 3. The topological polar surface area (TPSA) is 48.1 Å². The highest BCUT2D eigenvalue weighted by Gasteiger charge is 2.10. The van der Waals surface area contributed by atoms with Crippen LogP contribution in [0.2, 0.25) is 0 Å². The molecule has 0 saturated heterocycles. The third kappa shape index (κ3) is 2.60. The Bertz CT molecular complexity index is 516. The van der Waals surface area contributed by atoms with Crippen molar-refractivity contribution in [2.45, 2.75) is 6.04 Å². The maximum absolute atomic E-state index is 13.0. The lowest BCUT2D eigenvalue weighted by molar-refractivity contribution is 0.414. The molecular formula is C13H13FN2O. The summed E-state index contributed by atoms with van der Waals surface area (Å²) in [5.41, 5.74) is 7.54. The molecule has 0 amide bonds. The van der Waals surface area contributed by atoms with Crippen LogP contribution in [0.3, 0.4) is 0 Å². The largest absolute Gasteiger partial charge is 0.497 e. The zero-order valence-electron chi connectivity index (χ0n) is 9.43. The number of hydrogen-bond donors (Lipinski definition) is 1. The van der Waals surface area contributed by atoms with Crippen molar-refractivity contribution in [3.8, 4) is 5.75 Å². The molecule has 3 nitrogen and oxygen atoms in total. The van der Waals surface area contributed by atoms with E-state index in [1.807, 2.05) is 24.3 Å². The van der Waals surface area contributed by atoms with Gasteiger partial charge < -0.3 is 10.5 Å². The third-order valence-corrected chi connectivity index (χ3v) is 2.54. The molecule has 0 fully saturated rings. The van der Waals surface area contributed by atoms with Gasteiger partial charge >= 0.3 is 0 Å². The van der Waals surface area contributed by atoms with Crippen LogP contribution in [0, 0.1) is 5.82 Å². The first-order valence-corrected chi connectivity index (χ1v) is 5.20. The van der Waals surface area contributed by atoms with E-state index in [4.69, 9.17) is 10.5 Å². The highest BCUT2D eigenvalue weighted by atomic mass is 19.1. The van der Waals surface area contributed by atoms with E-state index in [0.29, 0.717) is 5.56 Å². The maximum atomic E-state index is 13.0. The second kappa shape index (κ2) is 4.93. The number of pyridine rings is 1. The molecule has 0 aliphatic carbocycles. The molecular weight excluding hydrogens is 219 g/mol. The van der Waals surface area contributed by atoms with Crippen molar-refractivity contribution < 1.29 is 9.13 Å². The lowest BCUT2D eigenvalue weighted by Gasteiger charge is -2.13. The van der Waals surface area contributed by atoms with Crippen molar-refractivity contribution in [2.24, 2.45) is 5.73 Å². The van der Waals surface area contributed by atoms with E-state index in [9.17, 15) is 4.39 Å². The van der Waals surface area contributed by atoms with Crippen LogP contribution in [-0.4, -0.2) is 12.1 Å². The Morgan fingerprint density at radius 1 is 1.24 bits per heavy atom. The molecule has 4 heteroatoms. The van der Waals surface area contributed by atoms with Crippen LogP contribution in [0.15, 0.2) is 42.7 Å². The molecule has 1 unspecified atom stereocenters. The molecule has 2 N–H and O–H groups in total. The molecule has 0 saturated carbocycles. The third-order valence-electron chi connectivity index (χ3n) is 2.54. The van der Waals surface area contributed by atoms with Crippen LogP contribution in [0.1, 0.15) is 17.2 Å². The lowest BCUT2D eigenvalue weighted by atomic mass is 10.0. The van der Waals surface area contributed by atoms with E-state index in [-0.39, 0.29) is 5.82 Å². The van der Waals surface area contributed by atoms with Gasteiger partial charge in [-0.2, -0.15) is 0 Å². The Balaban J connectivity index is 2.33. The first-order valence-electron chi connectivity index (χ1n) is 5.20. The van der Waals surface area contributed by atoms with E-state index >= 15 is 0 Å². The molecule has 17 heavy (non-hydrogen) atoms. The summed E-state index contributed by atoms with van der Waals surface area (Å²) in [5, 5.41) is 0. The quantitative estimate of drug-likeness (QED) is 0.883. The summed E-state index contributed by atoms with van der Waals surface area (Å²) in [5.74, 6) is 0.336. The van der Waals surface area contributed by atoms with Gasteiger partial charge in [-0.3, -0.25) is 4.98 Å². The van der Waals surface area contributed by atoms with Crippen LogP contribution in [0.25, 0.3) is 0 Å². The Kier molecular flexibility index (Phi) is 3.35. The second-order valence-electron chi connectivity index (χ2n) is 3.69. The molecule has 0 aliphatic heterocycles. The van der Waals surface area contributed by atoms with E-state index in [0.717, 1.165) is 17.5 Å². The van der Waals surface area contributed by atoms with Crippen molar-refractivity contribution in [1.82, 2.24) is 4.98 Å². The van der Waals surface area contributed by atoms with Crippen molar-refractivity contribution in [3.05, 3.63) is 59.7 Å². The minimum atomic E-state index is -0.409. The van der Waals surface area contributed by atoms with E-state index in [2.05, 4.69) is 4.98 Å². The van der Waals surface area contributed by atoms with Gasteiger partial charge in [-0.15, -0.1) is 0 Å². The number of halogens is 1. The second-order valence-corrected chi connectivity index (χ2v) is 3.69. The van der Waals surface area contributed by atoms with Crippen molar-refractivity contribution in [2.75, 3.05) is 7.11 Å². The highest BCUT2D eigenvalue weighted by Crippen LogP contribution is 2.22. The fourth-order valence-corrected chi connectivity index (χ4v) is 1.63. The molecule has 1 aromatic heterocycles. The van der Waals surface area contributed by atoms with Gasteiger partial charge in [0.15, 0.2) is 0 Å². The normalized spacial score (nSPS) is 12.2. The van der Waals surface area contributed by atoms with Crippen LogP contribution in [0.4, 0.5) is 4.39 Å². The maximum Gasteiger partial charge on any atom is 0.141 e. The molecule has 88 valence electrons. The summed E-state index contributed by atoms with van der Waals surface area (Å²) in [4.78, 5) is 3.79. The predicted octanol–water partition coefficient (Wildman–Crippen LogP) is 2.28. The number of nitrogens with two attached hydrogens (primary N) is 1. The van der Waals surface area contributed by atoms with Crippen molar-refractivity contribution in [3.63, 3.8) is 0 Å². The van der Waals surface area contributed by atoms with Crippen LogP contribution in [-0.2, 0) is 0 Å². The van der Waals surface area contributed by atoms with Crippen molar-refractivity contribution >= 4 is 0 Å². The molecule has 0 aliphatic rings. The van der Waals surface area contributed by atoms with Crippen molar-refractivity contribution in [1.29, 1.82) is 0 Å². The zero-order chi connectivity index (χ0) is 12.3. The first kappa shape index (κ1) is 11.5. The first-order chi connectivity index (χ1) is 8.20. The van der Waals surface area contributed by atoms with Gasteiger partial charge in [0.1, 0.15) is 11.6 Å². The fourth-order valence-electron chi connectivity index (χ4n) is 1.63. The summed E-state index contributed by atoms with van der Waals surface area (Å²) < 4.78 is 18.2. The highest BCUT2D eigenvalue weighted by molar-refractivity contribution is 5.35. The summed E-state index contributed by atoms with van der Waals surface area (Å²) in [6.45, 7) is 0. The molecule has 1 aromatic carbocycles. The number of methoxy groups -OCH3 is 1. The van der Waals surface area contributed by atoms with Gasteiger partial charge in [0.2, 0.25) is 0 Å². The molecule has 2 aromatic rings. The standard InChI is InChI=1S/C13H13FN2O/c1-17-12-4-2-3-9(6-12)13(15)10-5-11(14)8-16-7-10/h2-8,13H,15H2,1H3. The molecule has 0 bridgehead atoms. The molecule has 2 rings (SSSR count). The van der Waals surface area contributed by atoms with E-state index in [1.165, 1.54) is 6.07 Å². The molecule has 1 atom stereocenters. The van der Waals surface area contributed by atoms with Gasteiger partial charge in [-0.25, -0.2) is 4.39 Å². The summed E-state index contributed by atoms with van der Waals surface area (Å²) in [6, 6.07) is 8.36. The van der Waals surface area contributed by atoms with Gasteiger partial charge in [0.25, 0.3) is 0 Å². The summed E-state index contributed by atoms with van der Waals surface area (Å²) in [6.07, 6.45) is 2.72. The van der Waals surface area contributed by atoms with Gasteiger partial charge in [0, 0.05) is 6.20 Å². The SMILES string of the molecule is COc1cccc(C(N)c2cncc(F)c2)c1. The Morgan fingerprint density at radius 2 is 2.06 bits per heavy atom. The number of nitrogens with zero attached hydrogens (tertiary/aromatic N) is 1. The summed E-state index contributed by atoms with van der Waals surface area (Å²) >= 11 is 0. The van der Waals surface area contributed by atoms with Crippen LogP contribution in [0.5, 0.6) is 5.75 Å². The average molecular weight is 232 g/mol. The number of aromatic nitrogens is 1. The smallest absolute Gasteiger partial charge is 0.141 e. The fraction of sp³-hybridized carbons (Fsp3) is 0.154. The Morgan fingerprint density at radius 3 is 2.76 bits per heavy atom. The number of ether oxygens (including phenoxy) is 1. The van der Waals surface area contributed by atoms with E-state index < -0.39 is 6.04 Å². The number of benzene rings is 1. The van der Waals surface area contributed by atoms with Gasteiger partial charge in [-0.1, -0.05) is 12.1 Å². The zero-order valence-corrected chi connectivity index (χ0v) is 9.43. The monoisotopic (exact) mass is 232 g/mol. The molecule has 1 heterocycles.